The van der Waals surface area contributed by atoms with E-state index in [4.69, 9.17) is 15.5 Å². The zero-order valence-corrected chi connectivity index (χ0v) is 17.4. The van der Waals surface area contributed by atoms with Crippen molar-refractivity contribution in [1.82, 2.24) is 9.97 Å². The predicted octanol–water partition coefficient (Wildman–Crippen LogP) is 5.99. The molecule has 0 saturated heterocycles. The molecule has 0 fully saturated rings. The first-order chi connectivity index (χ1) is 12.8. The number of fused-ring (bicyclic) bond motifs is 2. The molecule has 0 saturated carbocycles. The zero-order chi connectivity index (χ0) is 19.2. The van der Waals surface area contributed by atoms with E-state index in [-0.39, 0.29) is 4.75 Å². The number of aromatic nitrogens is 2. The van der Waals surface area contributed by atoms with E-state index in [0.717, 1.165) is 43.0 Å². The highest BCUT2D eigenvalue weighted by Crippen LogP contribution is 2.41. The van der Waals surface area contributed by atoms with Gasteiger partial charge in [0, 0.05) is 27.5 Å². The van der Waals surface area contributed by atoms with Gasteiger partial charge in [0.1, 0.15) is 5.75 Å². The molecule has 2 aromatic carbocycles. The number of thiazole rings is 1. The van der Waals surface area contributed by atoms with E-state index in [1.54, 1.807) is 30.2 Å². The number of benzene rings is 2. The Morgan fingerprint density at radius 1 is 1.07 bits per heavy atom. The van der Waals surface area contributed by atoms with Gasteiger partial charge in [-0.1, -0.05) is 26.8 Å². The molecule has 4 rings (SSSR count). The molecule has 0 aliphatic heterocycles. The third-order valence-electron chi connectivity index (χ3n) is 4.17. The number of rotatable bonds is 3. The fourth-order valence-electron chi connectivity index (χ4n) is 2.99. The number of ether oxygens (including phenoxy) is 1. The molecule has 2 aromatic heterocycles. The Labute approximate surface area is 166 Å². The summed E-state index contributed by atoms with van der Waals surface area (Å²) in [6.45, 7) is 6.54. The van der Waals surface area contributed by atoms with Gasteiger partial charge in [-0.15, -0.1) is 23.1 Å². The Balaban J connectivity index is 1.86. The van der Waals surface area contributed by atoms with E-state index in [2.05, 4.69) is 50.0 Å². The van der Waals surface area contributed by atoms with Crippen molar-refractivity contribution < 1.29 is 4.74 Å². The molecule has 27 heavy (non-hydrogen) atoms. The topological polar surface area (TPSA) is 61.0 Å². The van der Waals surface area contributed by atoms with E-state index < -0.39 is 0 Å². The molecule has 0 aliphatic rings. The average molecular weight is 396 g/mol. The molecule has 4 aromatic rings. The Morgan fingerprint density at radius 2 is 1.89 bits per heavy atom. The van der Waals surface area contributed by atoms with Crippen LogP contribution in [0.25, 0.3) is 32.4 Å². The number of nitrogens with two attached hydrogens (primary N) is 1. The van der Waals surface area contributed by atoms with Gasteiger partial charge in [-0.05, 0) is 24.3 Å². The van der Waals surface area contributed by atoms with Gasteiger partial charge in [0.05, 0.1) is 38.9 Å². The van der Waals surface area contributed by atoms with Crippen LogP contribution in [0.3, 0.4) is 0 Å². The van der Waals surface area contributed by atoms with Crippen LogP contribution < -0.4 is 10.5 Å². The molecule has 6 heteroatoms. The summed E-state index contributed by atoms with van der Waals surface area (Å²) in [5.41, 5.74) is 12.6. The fourth-order valence-corrected chi connectivity index (χ4v) is 4.73. The molecule has 0 bridgehead atoms. The first-order valence-corrected chi connectivity index (χ1v) is 10.3. The lowest BCUT2D eigenvalue weighted by Gasteiger charge is -2.20. The van der Waals surface area contributed by atoms with Gasteiger partial charge in [0.2, 0.25) is 0 Å². The van der Waals surface area contributed by atoms with E-state index in [1.807, 2.05) is 17.6 Å². The summed E-state index contributed by atoms with van der Waals surface area (Å²) < 4.78 is 6.86. The number of hydrogen-bond acceptors (Lipinski definition) is 6. The number of nitrogens with zero attached hydrogens (tertiary/aromatic N) is 2. The first kappa shape index (κ1) is 18.1. The van der Waals surface area contributed by atoms with Crippen molar-refractivity contribution in [3.63, 3.8) is 0 Å². The smallest absolute Gasteiger partial charge is 0.134 e. The third kappa shape index (κ3) is 3.59. The lowest BCUT2D eigenvalue weighted by Crippen LogP contribution is -2.07. The molecule has 0 amide bonds. The highest BCUT2D eigenvalue weighted by molar-refractivity contribution is 8.00. The normalized spacial score (nSPS) is 12.0. The van der Waals surface area contributed by atoms with E-state index in [9.17, 15) is 0 Å². The van der Waals surface area contributed by atoms with Crippen molar-refractivity contribution >= 4 is 49.9 Å². The van der Waals surface area contributed by atoms with Crippen molar-refractivity contribution in [1.29, 1.82) is 0 Å². The number of nitrogen functional groups attached to an aromatic ring is 1. The van der Waals surface area contributed by atoms with Crippen molar-refractivity contribution in [2.24, 2.45) is 0 Å². The summed E-state index contributed by atoms with van der Waals surface area (Å²) in [4.78, 5) is 10.3. The second-order valence-corrected chi connectivity index (χ2v) is 10.1. The van der Waals surface area contributed by atoms with Crippen molar-refractivity contribution in [3.05, 3.63) is 41.9 Å². The molecular weight excluding hydrogens is 374 g/mol. The number of pyridine rings is 1. The van der Waals surface area contributed by atoms with E-state index >= 15 is 0 Å². The molecule has 4 nitrogen and oxygen atoms in total. The van der Waals surface area contributed by atoms with Crippen LogP contribution in [0.1, 0.15) is 20.8 Å². The molecule has 0 radical (unpaired) electrons. The Hall–Kier alpha value is -2.31. The summed E-state index contributed by atoms with van der Waals surface area (Å²) in [6, 6.07) is 12.2. The van der Waals surface area contributed by atoms with E-state index in [0.29, 0.717) is 5.69 Å². The lowest BCUT2D eigenvalue weighted by molar-refractivity contribution is 0.405. The lowest BCUT2D eigenvalue weighted by atomic mass is 10.1. The number of hydrogen-bond donors (Lipinski definition) is 1. The van der Waals surface area contributed by atoms with Gasteiger partial charge in [0.15, 0.2) is 0 Å². The predicted molar refractivity (Wildman–Crippen MR) is 117 cm³/mol. The third-order valence-corrected chi connectivity index (χ3v) is 6.13. The van der Waals surface area contributed by atoms with Crippen LogP contribution in [0.5, 0.6) is 5.75 Å². The van der Waals surface area contributed by atoms with Crippen LogP contribution in [0.4, 0.5) is 5.69 Å². The molecule has 138 valence electrons. The summed E-state index contributed by atoms with van der Waals surface area (Å²) in [6.07, 6.45) is 0. The van der Waals surface area contributed by atoms with Crippen LogP contribution in [0, 0.1) is 0 Å². The Bertz CT molecular complexity index is 1150. The van der Waals surface area contributed by atoms with Crippen LogP contribution >= 0.6 is 23.1 Å². The molecule has 2 heterocycles. The zero-order valence-electron chi connectivity index (χ0n) is 15.7. The monoisotopic (exact) mass is 395 g/mol. The molecule has 0 unspecified atom stereocenters. The van der Waals surface area contributed by atoms with Gasteiger partial charge in [-0.25, -0.2) is 9.97 Å². The fraction of sp³-hybridized carbons (Fsp3) is 0.238. The van der Waals surface area contributed by atoms with Gasteiger partial charge in [-0.2, -0.15) is 0 Å². The maximum absolute atomic E-state index is 6.41. The molecule has 0 aliphatic carbocycles. The van der Waals surface area contributed by atoms with Crippen molar-refractivity contribution in [2.75, 3.05) is 12.8 Å². The van der Waals surface area contributed by atoms with Gasteiger partial charge >= 0.3 is 0 Å². The summed E-state index contributed by atoms with van der Waals surface area (Å²) in [7, 11) is 1.69. The minimum Gasteiger partial charge on any atom is -0.496 e. The van der Waals surface area contributed by atoms with Gasteiger partial charge in [-0.3, -0.25) is 0 Å². The highest BCUT2D eigenvalue weighted by Gasteiger charge is 2.18. The molecular formula is C21H21N3OS2. The number of anilines is 1. The van der Waals surface area contributed by atoms with Gasteiger partial charge in [0.25, 0.3) is 0 Å². The number of thioether (sulfide) groups is 1. The van der Waals surface area contributed by atoms with Crippen LogP contribution in [-0.2, 0) is 0 Å². The maximum Gasteiger partial charge on any atom is 0.134 e. The standard InChI is InChI=1S/C21H21N3OS2/c1-21(2,3)27-20-8-13-14(22)9-15(24-16(13)10-18(20)25-4)12-5-6-19-17(7-12)23-11-26-19/h5-11H,1-4H3,(H2,22,24). The largest absolute Gasteiger partial charge is 0.496 e. The van der Waals surface area contributed by atoms with Crippen molar-refractivity contribution in [3.8, 4) is 17.0 Å². The summed E-state index contributed by atoms with van der Waals surface area (Å²) >= 11 is 3.40. The number of methoxy groups -OCH3 is 1. The quantitative estimate of drug-likeness (QED) is 0.432. The Kier molecular flexibility index (Phi) is 4.48. The summed E-state index contributed by atoms with van der Waals surface area (Å²) in [5.74, 6) is 0.821. The minimum atomic E-state index is 0.0754. The Morgan fingerprint density at radius 3 is 2.63 bits per heavy atom. The first-order valence-electron chi connectivity index (χ1n) is 8.65. The van der Waals surface area contributed by atoms with Crippen molar-refractivity contribution in [2.45, 2.75) is 30.4 Å². The highest BCUT2D eigenvalue weighted by atomic mass is 32.2. The molecule has 0 spiro atoms. The maximum atomic E-state index is 6.41. The molecule has 0 atom stereocenters. The van der Waals surface area contributed by atoms with Crippen LogP contribution in [0.15, 0.2) is 46.8 Å². The van der Waals surface area contributed by atoms with E-state index in [1.165, 1.54) is 0 Å². The second-order valence-electron chi connectivity index (χ2n) is 7.37. The second kappa shape index (κ2) is 6.69. The van der Waals surface area contributed by atoms with Crippen LogP contribution in [0.2, 0.25) is 0 Å². The molecule has 2 N–H and O–H groups in total. The average Bonchev–Trinajstić information content (AvgIpc) is 3.08. The van der Waals surface area contributed by atoms with Gasteiger partial charge < -0.3 is 10.5 Å². The SMILES string of the molecule is COc1cc2nc(-c3ccc4scnc4c3)cc(N)c2cc1SC(C)(C)C. The van der Waals surface area contributed by atoms with Crippen LogP contribution in [-0.4, -0.2) is 21.8 Å². The minimum absolute atomic E-state index is 0.0754. The summed E-state index contributed by atoms with van der Waals surface area (Å²) in [5, 5.41) is 0.945.